The van der Waals surface area contributed by atoms with Crippen LogP contribution in [0.2, 0.25) is 0 Å². The second-order valence-electron chi connectivity index (χ2n) is 4.29. The highest BCUT2D eigenvalue weighted by Crippen LogP contribution is 2.34. The Morgan fingerprint density at radius 1 is 1.50 bits per heavy atom. The van der Waals surface area contributed by atoms with Gasteiger partial charge in [0.15, 0.2) is 0 Å². The maximum Gasteiger partial charge on any atom is 0.249 e. The van der Waals surface area contributed by atoms with Crippen LogP contribution in [0.1, 0.15) is 29.8 Å². The lowest BCUT2D eigenvalue weighted by atomic mass is 9.81. The van der Waals surface area contributed by atoms with Gasteiger partial charge in [-0.25, -0.2) is 0 Å². The molecule has 0 spiro atoms. The quantitative estimate of drug-likeness (QED) is 0.801. The van der Waals surface area contributed by atoms with Crippen molar-refractivity contribution in [2.75, 3.05) is 13.7 Å². The number of amides is 1. The number of nitrogens with two attached hydrogens (primary N) is 1. The van der Waals surface area contributed by atoms with Gasteiger partial charge in [0.1, 0.15) is 5.75 Å². The Hall–Kier alpha value is -1.55. The third-order valence-corrected chi connectivity index (χ3v) is 2.58. The van der Waals surface area contributed by atoms with Crippen LogP contribution >= 0.6 is 0 Å². The van der Waals surface area contributed by atoms with Crippen LogP contribution in [-0.4, -0.2) is 24.7 Å². The average molecular weight is 223 g/mol. The number of methoxy groups -OCH3 is 1. The Morgan fingerprint density at radius 3 is 2.56 bits per heavy atom. The van der Waals surface area contributed by atoms with Crippen molar-refractivity contribution in [1.29, 1.82) is 0 Å². The van der Waals surface area contributed by atoms with Crippen molar-refractivity contribution in [3.05, 3.63) is 29.3 Å². The fraction of sp³-hybridized carbons (Fsp3) is 0.417. The van der Waals surface area contributed by atoms with E-state index < -0.39 is 11.3 Å². The monoisotopic (exact) mass is 223 g/mol. The van der Waals surface area contributed by atoms with Crippen molar-refractivity contribution in [2.45, 2.75) is 19.3 Å². The molecule has 0 aliphatic carbocycles. The van der Waals surface area contributed by atoms with Gasteiger partial charge in [-0.15, -0.1) is 0 Å². The standard InChI is InChI=1S/C12H17NO3/c1-12(2,7-14)10-8(11(13)15)5-4-6-9(10)16-3/h4-6,14H,7H2,1-3H3,(H2,13,15). The van der Waals surface area contributed by atoms with Gasteiger partial charge >= 0.3 is 0 Å². The van der Waals surface area contributed by atoms with Crippen LogP contribution in [-0.2, 0) is 5.41 Å². The number of hydrogen-bond donors (Lipinski definition) is 2. The number of ether oxygens (including phenoxy) is 1. The normalized spacial score (nSPS) is 11.2. The molecule has 0 saturated heterocycles. The molecule has 0 radical (unpaired) electrons. The number of carbonyl (C=O) groups excluding carboxylic acids is 1. The number of aliphatic hydroxyl groups excluding tert-OH is 1. The number of rotatable bonds is 4. The molecular weight excluding hydrogens is 206 g/mol. The molecule has 0 heterocycles. The van der Waals surface area contributed by atoms with Crippen LogP contribution in [0.15, 0.2) is 18.2 Å². The van der Waals surface area contributed by atoms with Crippen molar-refractivity contribution in [3.63, 3.8) is 0 Å². The van der Waals surface area contributed by atoms with Crippen LogP contribution in [0.5, 0.6) is 5.75 Å². The van der Waals surface area contributed by atoms with E-state index >= 15 is 0 Å². The smallest absolute Gasteiger partial charge is 0.249 e. The van der Waals surface area contributed by atoms with Gasteiger partial charge in [0.05, 0.1) is 13.7 Å². The predicted octanol–water partition coefficient (Wildman–Crippen LogP) is 1.06. The first-order valence-corrected chi connectivity index (χ1v) is 5.02. The van der Waals surface area contributed by atoms with Crippen molar-refractivity contribution in [1.82, 2.24) is 0 Å². The summed E-state index contributed by atoms with van der Waals surface area (Å²) >= 11 is 0. The summed E-state index contributed by atoms with van der Waals surface area (Å²) in [6.45, 7) is 3.57. The zero-order chi connectivity index (χ0) is 12.3. The molecule has 0 fully saturated rings. The second kappa shape index (κ2) is 4.53. The van der Waals surface area contributed by atoms with Gasteiger partial charge in [-0.05, 0) is 12.1 Å². The Balaban J connectivity index is 3.48. The highest BCUT2D eigenvalue weighted by molar-refractivity contribution is 5.95. The third-order valence-electron chi connectivity index (χ3n) is 2.58. The van der Waals surface area contributed by atoms with Crippen LogP contribution in [0.4, 0.5) is 0 Å². The molecule has 88 valence electrons. The molecule has 4 heteroatoms. The maximum absolute atomic E-state index is 11.3. The highest BCUT2D eigenvalue weighted by Gasteiger charge is 2.28. The Bertz CT molecular complexity index is 399. The van der Waals surface area contributed by atoms with E-state index in [1.54, 1.807) is 18.2 Å². The predicted molar refractivity (Wildman–Crippen MR) is 61.6 cm³/mol. The number of primary amides is 1. The van der Waals surface area contributed by atoms with Gasteiger partial charge in [-0.3, -0.25) is 4.79 Å². The van der Waals surface area contributed by atoms with Crippen molar-refractivity contribution >= 4 is 5.91 Å². The summed E-state index contributed by atoms with van der Waals surface area (Å²) in [5.41, 5.74) is 5.77. The molecule has 1 rings (SSSR count). The molecule has 1 amide bonds. The van der Waals surface area contributed by atoms with E-state index in [9.17, 15) is 9.90 Å². The highest BCUT2D eigenvalue weighted by atomic mass is 16.5. The van der Waals surface area contributed by atoms with E-state index in [0.717, 1.165) is 0 Å². The number of hydrogen-bond acceptors (Lipinski definition) is 3. The number of benzene rings is 1. The van der Waals surface area contributed by atoms with Crippen molar-refractivity contribution in [2.24, 2.45) is 5.73 Å². The first kappa shape index (κ1) is 12.5. The number of aliphatic hydroxyl groups is 1. The summed E-state index contributed by atoms with van der Waals surface area (Å²) in [5.74, 6) is 0.0470. The van der Waals surface area contributed by atoms with Gasteiger partial charge in [-0.1, -0.05) is 19.9 Å². The minimum absolute atomic E-state index is 0.0896. The molecular formula is C12H17NO3. The molecule has 0 saturated carbocycles. The van der Waals surface area contributed by atoms with E-state index in [4.69, 9.17) is 10.5 Å². The molecule has 0 aromatic heterocycles. The van der Waals surface area contributed by atoms with Gasteiger partial charge in [-0.2, -0.15) is 0 Å². The molecule has 16 heavy (non-hydrogen) atoms. The second-order valence-corrected chi connectivity index (χ2v) is 4.29. The van der Waals surface area contributed by atoms with E-state index in [2.05, 4.69) is 0 Å². The lowest BCUT2D eigenvalue weighted by Crippen LogP contribution is -2.27. The van der Waals surface area contributed by atoms with Gasteiger partial charge in [0.2, 0.25) is 5.91 Å². The SMILES string of the molecule is COc1cccc(C(N)=O)c1C(C)(C)CO. The Labute approximate surface area is 95.0 Å². The summed E-state index contributed by atoms with van der Waals surface area (Å²) in [6, 6.07) is 5.09. The van der Waals surface area contributed by atoms with Crippen LogP contribution in [0, 0.1) is 0 Å². The first-order valence-electron chi connectivity index (χ1n) is 5.02. The molecule has 0 aliphatic rings. The number of carbonyl (C=O) groups is 1. The zero-order valence-corrected chi connectivity index (χ0v) is 9.78. The molecule has 3 N–H and O–H groups in total. The van der Waals surface area contributed by atoms with Gasteiger partial charge in [0, 0.05) is 16.5 Å². The topological polar surface area (TPSA) is 72.5 Å². The third kappa shape index (κ3) is 2.17. The lowest BCUT2D eigenvalue weighted by molar-refractivity contribution is 0.0996. The summed E-state index contributed by atoms with van der Waals surface area (Å²) in [7, 11) is 1.52. The van der Waals surface area contributed by atoms with Crippen LogP contribution in [0.3, 0.4) is 0 Å². The lowest BCUT2D eigenvalue weighted by Gasteiger charge is -2.26. The molecule has 4 nitrogen and oxygen atoms in total. The fourth-order valence-electron chi connectivity index (χ4n) is 1.68. The fourth-order valence-corrected chi connectivity index (χ4v) is 1.68. The summed E-state index contributed by atoms with van der Waals surface area (Å²) in [4.78, 5) is 11.3. The minimum atomic E-state index is -0.572. The molecule has 1 aromatic carbocycles. The van der Waals surface area contributed by atoms with Crippen molar-refractivity contribution < 1.29 is 14.6 Å². The molecule has 0 atom stereocenters. The minimum Gasteiger partial charge on any atom is -0.496 e. The Morgan fingerprint density at radius 2 is 2.12 bits per heavy atom. The molecule has 1 aromatic rings. The first-order chi connectivity index (χ1) is 7.44. The molecule has 0 bridgehead atoms. The van der Waals surface area contributed by atoms with Crippen LogP contribution < -0.4 is 10.5 Å². The maximum atomic E-state index is 11.3. The largest absolute Gasteiger partial charge is 0.496 e. The molecule has 0 unspecified atom stereocenters. The van der Waals surface area contributed by atoms with Crippen molar-refractivity contribution in [3.8, 4) is 5.75 Å². The van der Waals surface area contributed by atoms with E-state index in [-0.39, 0.29) is 6.61 Å². The van der Waals surface area contributed by atoms with Gasteiger partial charge < -0.3 is 15.6 Å². The average Bonchev–Trinajstić information content (AvgIpc) is 2.27. The van der Waals surface area contributed by atoms with E-state index in [1.807, 2.05) is 13.8 Å². The van der Waals surface area contributed by atoms with E-state index in [0.29, 0.717) is 16.9 Å². The zero-order valence-electron chi connectivity index (χ0n) is 9.78. The Kier molecular flexibility index (Phi) is 3.55. The van der Waals surface area contributed by atoms with Crippen LogP contribution in [0.25, 0.3) is 0 Å². The van der Waals surface area contributed by atoms with E-state index in [1.165, 1.54) is 7.11 Å². The summed E-state index contributed by atoms with van der Waals surface area (Å²) < 4.78 is 5.21. The summed E-state index contributed by atoms with van der Waals surface area (Å²) in [5, 5.41) is 9.37. The van der Waals surface area contributed by atoms with Gasteiger partial charge in [0.25, 0.3) is 0 Å². The summed E-state index contributed by atoms with van der Waals surface area (Å²) in [6.07, 6.45) is 0. The molecule has 0 aliphatic heterocycles.